The Hall–Kier alpha value is -0.450. The predicted molar refractivity (Wildman–Crippen MR) is 87.8 cm³/mol. The third-order valence-electron chi connectivity index (χ3n) is 4.81. The second-order valence-electron chi connectivity index (χ2n) is 6.40. The summed E-state index contributed by atoms with van der Waals surface area (Å²) in [4.78, 5) is 2.69. The largest absolute Gasteiger partial charge is 0.319 e. The van der Waals surface area contributed by atoms with Gasteiger partial charge in [-0.05, 0) is 85.4 Å². The number of nitrogens with zero attached hydrogens (tertiary/aromatic N) is 1. The van der Waals surface area contributed by atoms with Gasteiger partial charge in [0.2, 0.25) is 0 Å². The van der Waals surface area contributed by atoms with Crippen molar-refractivity contribution in [1.82, 2.24) is 10.2 Å². The highest BCUT2D eigenvalue weighted by Gasteiger charge is 2.39. The van der Waals surface area contributed by atoms with Crippen molar-refractivity contribution in [2.75, 3.05) is 20.1 Å². The van der Waals surface area contributed by atoms with Crippen LogP contribution in [0.3, 0.4) is 0 Å². The van der Waals surface area contributed by atoms with Crippen LogP contribution in [0.1, 0.15) is 43.7 Å². The lowest BCUT2D eigenvalue weighted by atomic mass is 9.89. The molecule has 2 unspecified atom stereocenters. The molecule has 21 heavy (non-hydrogen) atoms. The molecule has 1 aromatic rings. The highest BCUT2D eigenvalue weighted by molar-refractivity contribution is 9.10. The lowest BCUT2D eigenvalue weighted by molar-refractivity contribution is 0.145. The first-order valence-electron chi connectivity index (χ1n) is 8.06. The van der Waals surface area contributed by atoms with E-state index in [0.29, 0.717) is 16.4 Å². The minimum atomic E-state index is -0.171. The number of rotatable bonds is 4. The number of hydrogen-bond acceptors (Lipinski definition) is 2. The van der Waals surface area contributed by atoms with Crippen LogP contribution in [0.2, 0.25) is 0 Å². The molecule has 0 bridgehead atoms. The topological polar surface area (TPSA) is 15.3 Å². The van der Waals surface area contributed by atoms with Crippen LogP contribution in [0.4, 0.5) is 4.39 Å². The summed E-state index contributed by atoms with van der Waals surface area (Å²) in [6, 6.07) is 6.74. The fraction of sp³-hybridized carbons (Fsp3) is 0.647. The zero-order valence-electron chi connectivity index (χ0n) is 12.6. The molecule has 1 saturated carbocycles. The molecule has 0 spiro atoms. The van der Waals surface area contributed by atoms with E-state index in [-0.39, 0.29) is 5.82 Å². The molecule has 0 aromatic heterocycles. The van der Waals surface area contributed by atoms with Crippen LogP contribution in [-0.2, 0) is 0 Å². The van der Waals surface area contributed by atoms with Gasteiger partial charge in [0.25, 0.3) is 0 Å². The fourth-order valence-electron chi connectivity index (χ4n) is 3.72. The van der Waals surface area contributed by atoms with E-state index in [9.17, 15) is 4.39 Å². The van der Waals surface area contributed by atoms with E-state index in [1.54, 1.807) is 6.07 Å². The lowest BCUT2D eigenvalue weighted by Crippen LogP contribution is -2.37. The van der Waals surface area contributed by atoms with Gasteiger partial charge in [0.1, 0.15) is 5.82 Å². The molecular weight excluding hydrogens is 331 g/mol. The van der Waals surface area contributed by atoms with Crippen LogP contribution in [-0.4, -0.2) is 31.1 Å². The van der Waals surface area contributed by atoms with Crippen LogP contribution in [0, 0.1) is 11.7 Å². The Labute approximate surface area is 135 Å². The van der Waals surface area contributed by atoms with E-state index in [1.165, 1.54) is 44.2 Å². The summed E-state index contributed by atoms with van der Waals surface area (Å²) in [6.45, 7) is 2.22. The number of likely N-dealkylation sites (tertiary alicyclic amines) is 1. The second kappa shape index (κ2) is 6.76. The number of halogens is 2. The molecule has 1 N–H and O–H groups in total. The zero-order chi connectivity index (χ0) is 14.8. The monoisotopic (exact) mass is 354 g/mol. The van der Waals surface area contributed by atoms with Gasteiger partial charge in [0.05, 0.1) is 4.47 Å². The summed E-state index contributed by atoms with van der Waals surface area (Å²) in [5.74, 6) is 0.436. The highest BCUT2D eigenvalue weighted by atomic mass is 79.9. The number of hydrogen-bond donors (Lipinski definition) is 1. The molecule has 0 amide bonds. The average molecular weight is 355 g/mol. The Kier molecular flexibility index (Phi) is 4.97. The molecule has 1 aliphatic heterocycles. The molecule has 1 heterocycles. The molecule has 1 saturated heterocycles. The van der Waals surface area contributed by atoms with Crippen molar-refractivity contribution >= 4 is 15.9 Å². The Morgan fingerprint density at radius 3 is 2.76 bits per heavy atom. The summed E-state index contributed by atoms with van der Waals surface area (Å²) < 4.78 is 14.2. The van der Waals surface area contributed by atoms with Crippen molar-refractivity contribution in [3.05, 3.63) is 34.1 Å². The van der Waals surface area contributed by atoms with Crippen molar-refractivity contribution in [3.63, 3.8) is 0 Å². The summed E-state index contributed by atoms with van der Waals surface area (Å²) in [6.07, 6.45) is 6.49. The maximum atomic E-state index is 13.6. The van der Waals surface area contributed by atoms with Crippen LogP contribution in [0.25, 0.3) is 0 Å². The van der Waals surface area contributed by atoms with Gasteiger partial charge in [-0.3, -0.25) is 4.90 Å². The van der Waals surface area contributed by atoms with Gasteiger partial charge >= 0.3 is 0 Å². The van der Waals surface area contributed by atoms with Gasteiger partial charge in [-0.2, -0.15) is 0 Å². The van der Waals surface area contributed by atoms with Gasteiger partial charge in [-0.1, -0.05) is 12.5 Å². The SMILES string of the molecule is CNCC1CCCCN(C2CC2)C1c1ccc(F)c(Br)c1. The quantitative estimate of drug-likeness (QED) is 0.874. The van der Waals surface area contributed by atoms with Gasteiger partial charge in [0.15, 0.2) is 0 Å². The van der Waals surface area contributed by atoms with Gasteiger partial charge in [-0.15, -0.1) is 0 Å². The van der Waals surface area contributed by atoms with Gasteiger partial charge in [0, 0.05) is 12.1 Å². The standard InChI is InChI=1S/C17H24BrFN2/c1-20-11-13-4-2-3-9-21(14-6-7-14)17(13)12-5-8-16(19)15(18)10-12/h5,8,10,13-14,17,20H,2-4,6-7,9,11H2,1H3. The second-order valence-corrected chi connectivity index (χ2v) is 7.26. The number of benzene rings is 1. The smallest absolute Gasteiger partial charge is 0.137 e. The van der Waals surface area contributed by atoms with Crippen molar-refractivity contribution < 1.29 is 4.39 Å². The third-order valence-corrected chi connectivity index (χ3v) is 5.42. The van der Waals surface area contributed by atoms with Crippen molar-refractivity contribution in [3.8, 4) is 0 Å². The number of nitrogens with one attached hydrogen (secondary N) is 1. The minimum absolute atomic E-state index is 0.171. The first kappa shape index (κ1) is 15.4. The van der Waals surface area contributed by atoms with Crippen molar-refractivity contribution in [2.24, 2.45) is 5.92 Å². The molecule has 2 aliphatic rings. The molecule has 1 aliphatic carbocycles. The van der Waals surface area contributed by atoms with Crippen molar-refractivity contribution in [2.45, 2.75) is 44.2 Å². The Morgan fingerprint density at radius 2 is 2.10 bits per heavy atom. The maximum absolute atomic E-state index is 13.6. The molecule has 4 heteroatoms. The summed E-state index contributed by atoms with van der Waals surface area (Å²) in [5, 5.41) is 3.36. The van der Waals surface area contributed by atoms with Crippen LogP contribution < -0.4 is 5.32 Å². The molecule has 0 radical (unpaired) electrons. The molecule has 2 fully saturated rings. The van der Waals surface area contributed by atoms with Crippen LogP contribution in [0.5, 0.6) is 0 Å². The van der Waals surface area contributed by atoms with E-state index in [1.807, 2.05) is 19.2 Å². The lowest BCUT2D eigenvalue weighted by Gasteiger charge is -2.36. The maximum Gasteiger partial charge on any atom is 0.137 e. The molecular formula is C17H24BrFN2. The fourth-order valence-corrected chi connectivity index (χ4v) is 4.12. The first-order valence-corrected chi connectivity index (χ1v) is 8.85. The molecule has 1 aromatic carbocycles. The minimum Gasteiger partial charge on any atom is -0.319 e. The van der Waals surface area contributed by atoms with Gasteiger partial charge < -0.3 is 5.32 Å². The highest BCUT2D eigenvalue weighted by Crippen LogP contribution is 2.42. The predicted octanol–water partition coefficient (Wildman–Crippen LogP) is 4.11. The Morgan fingerprint density at radius 1 is 1.29 bits per heavy atom. The van der Waals surface area contributed by atoms with E-state index < -0.39 is 0 Å². The van der Waals surface area contributed by atoms with E-state index in [2.05, 4.69) is 26.1 Å². The average Bonchev–Trinajstić information content (AvgIpc) is 3.28. The van der Waals surface area contributed by atoms with Crippen LogP contribution in [0.15, 0.2) is 22.7 Å². The molecule has 2 nitrogen and oxygen atoms in total. The van der Waals surface area contributed by atoms with Crippen LogP contribution >= 0.6 is 15.9 Å². The zero-order valence-corrected chi connectivity index (χ0v) is 14.2. The summed E-state index contributed by atoms with van der Waals surface area (Å²) in [5.41, 5.74) is 1.26. The van der Waals surface area contributed by atoms with E-state index in [4.69, 9.17) is 0 Å². The molecule has 3 rings (SSSR count). The first-order chi connectivity index (χ1) is 10.2. The molecule has 116 valence electrons. The summed E-state index contributed by atoms with van der Waals surface area (Å²) >= 11 is 3.35. The Bertz CT molecular complexity index is 490. The Balaban J connectivity index is 1.94. The van der Waals surface area contributed by atoms with Crippen molar-refractivity contribution in [1.29, 1.82) is 0 Å². The van der Waals surface area contributed by atoms with E-state index in [0.717, 1.165) is 12.6 Å². The summed E-state index contributed by atoms with van der Waals surface area (Å²) in [7, 11) is 2.03. The molecule has 2 atom stereocenters. The van der Waals surface area contributed by atoms with E-state index >= 15 is 0 Å². The van der Waals surface area contributed by atoms with Gasteiger partial charge in [-0.25, -0.2) is 4.39 Å². The third kappa shape index (κ3) is 3.49. The normalized spacial score (nSPS) is 27.6.